The molecule has 2 aliphatic rings. The molecule has 2 aromatic heterocycles. The highest BCUT2D eigenvalue weighted by atomic mass is 19.4. The predicted molar refractivity (Wildman–Crippen MR) is 125 cm³/mol. The molecule has 1 atom stereocenters. The van der Waals surface area contributed by atoms with Gasteiger partial charge in [0.05, 0.1) is 11.1 Å². The van der Waals surface area contributed by atoms with Gasteiger partial charge in [-0.1, -0.05) is 6.42 Å². The summed E-state index contributed by atoms with van der Waals surface area (Å²) in [6.45, 7) is 0.829. The van der Waals surface area contributed by atoms with Gasteiger partial charge in [-0.05, 0) is 67.5 Å². The summed E-state index contributed by atoms with van der Waals surface area (Å²) in [7, 11) is 0. The molecule has 1 unspecified atom stereocenters. The van der Waals surface area contributed by atoms with Crippen LogP contribution in [0.3, 0.4) is 0 Å². The number of benzene rings is 1. The molecule has 2 fully saturated rings. The van der Waals surface area contributed by atoms with Crippen molar-refractivity contribution in [3.05, 3.63) is 71.9 Å². The Morgan fingerprint density at radius 3 is 2.50 bits per heavy atom. The molecule has 6 nitrogen and oxygen atoms in total. The highest BCUT2D eigenvalue weighted by Gasteiger charge is 2.45. The number of amides is 1. The van der Waals surface area contributed by atoms with Crippen LogP contribution in [0.2, 0.25) is 0 Å². The van der Waals surface area contributed by atoms with Crippen LogP contribution in [0.1, 0.15) is 48.0 Å². The Labute approximate surface area is 205 Å². The highest BCUT2D eigenvalue weighted by molar-refractivity contribution is 6.00. The quantitative estimate of drug-likeness (QED) is 0.464. The number of anilines is 1. The zero-order valence-corrected chi connectivity index (χ0v) is 19.4. The van der Waals surface area contributed by atoms with Crippen molar-refractivity contribution in [3.63, 3.8) is 0 Å². The van der Waals surface area contributed by atoms with E-state index >= 15 is 0 Å². The fraction of sp³-hybridized carbons (Fsp3) is 0.385. The molecule has 5 rings (SSSR count). The summed E-state index contributed by atoms with van der Waals surface area (Å²) in [4.78, 5) is 27.9. The Hall–Kier alpha value is -3.56. The molecule has 1 saturated heterocycles. The second-order valence-electron chi connectivity index (χ2n) is 9.53. The van der Waals surface area contributed by atoms with Gasteiger partial charge in [-0.15, -0.1) is 0 Å². The smallest absolute Gasteiger partial charge is 0.368 e. The number of likely N-dealkylation sites (tertiary alicyclic amines) is 1. The van der Waals surface area contributed by atoms with E-state index in [9.17, 15) is 22.4 Å². The summed E-state index contributed by atoms with van der Waals surface area (Å²) in [6.07, 6.45) is 4.40. The SMILES string of the molecule is O=C(c1cc(F)ccc1-c1ncccn1)N1CCC2(CCC2)CC1CNc1ccc(C(F)(F)F)cn1. The number of rotatable bonds is 5. The molecule has 10 heteroatoms. The Balaban J connectivity index is 1.39. The number of nitrogens with one attached hydrogen (secondary N) is 1. The fourth-order valence-corrected chi connectivity index (χ4v) is 5.20. The van der Waals surface area contributed by atoms with Crippen molar-refractivity contribution in [1.29, 1.82) is 0 Å². The lowest BCUT2D eigenvalue weighted by Crippen LogP contribution is -2.54. The van der Waals surface area contributed by atoms with Gasteiger partial charge in [0.2, 0.25) is 0 Å². The molecule has 1 aliphatic carbocycles. The number of hydrogen-bond donors (Lipinski definition) is 1. The third-order valence-electron chi connectivity index (χ3n) is 7.30. The zero-order chi connectivity index (χ0) is 25.3. The molecule has 1 aromatic carbocycles. The van der Waals surface area contributed by atoms with E-state index in [-0.39, 0.29) is 22.9 Å². The monoisotopic (exact) mass is 499 g/mol. The molecule has 1 saturated carbocycles. The number of carbonyl (C=O) groups is 1. The van der Waals surface area contributed by atoms with E-state index in [1.165, 1.54) is 24.3 Å². The Kier molecular flexibility index (Phi) is 6.36. The van der Waals surface area contributed by atoms with E-state index in [0.717, 1.165) is 44.4 Å². The first-order chi connectivity index (χ1) is 17.2. The normalized spacial score (nSPS) is 19.1. The summed E-state index contributed by atoms with van der Waals surface area (Å²) < 4.78 is 52.9. The highest BCUT2D eigenvalue weighted by Crippen LogP contribution is 2.50. The largest absolute Gasteiger partial charge is 0.417 e. The summed E-state index contributed by atoms with van der Waals surface area (Å²) in [5.74, 6) is -0.225. The van der Waals surface area contributed by atoms with Crippen LogP contribution in [0.4, 0.5) is 23.4 Å². The minimum atomic E-state index is -4.46. The van der Waals surface area contributed by atoms with Crippen LogP contribution in [0, 0.1) is 11.2 Å². The van der Waals surface area contributed by atoms with E-state index in [0.29, 0.717) is 30.3 Å². The van der Waals surface area contributed by atoms with E-state index in [1.54, 1.807) is 23.4 Å². The van der Waals surface area contributed by atoms with Crippen molar-refractivity contribution in [2.75, 3.05) is 18.4 Å². The van der Waals surface area contributed by atoms with Crippen LogP contribution in [-0.4, -0.2) is 44.9 Å². The molecule has 3 aromatic rings. The summed E-state index contributed by atoms with van der Waals surface area (Å²) in [5, 5.41) is 3.10. The van der Waals surface area contributed by atoms with Crippen molar-refractivity contribution >= 4 is 11.7 Å². The number of nitrogens with zero attached hydrogens (tertiary/aromatic N) is 4. The van der Waals surface area contributed by atoms with Gasteiger partial charge >= 0.3 is 6.18 Å². The first kappa shape index (κ1) is 24.1. The summed E-state index contributed by atoms with van der Waals surface area (Å²) in [5.41, 5.74) is -0.0209. The standard InChI is InChI=1S/C26H25F4N5O/c27-18-4-5-20(23-31-10-2-11-32-23)21(13-18)24(36)35-12-9-25(7-1-8-25)14-19(35)16-34-22-6-3-17(15-33-22)26(28,29)30/h2-6,10-11,13,15,19H,1,7-9,12,14,16H2,(H,33,34). The van der Waals surface area contributed by atoms with Crippen LogP contribution < -0.4 is 5.32 Å². The molecular formula is C26H25F4N5O. The number of alkyl halides is 3. The van der Waals surface area contributed by atoms with Gasteiger partial charge in [0, 0.05) is 43.3 Å². The summed E-state index contributed by atoms with van der Waals surface area (Å²) in [6, 6.07) is 7.69. The average Bonchev–Trinajstić information content (AvgIpc) is 2.86. The lowest BCUT2D eigenvalue weighted by atomic mass is 9.61. The van der Waals surface area contributed by atoms with Gasteiger partial charge in [0.25, 0.3) is 5.91 Å². The Morgan fingerprint density at radius 1 is 1.08 bits per heavy atom. The number of hydrogen-bond acceptors (Lipinski definition) is 5. The molecule has 1 N–H and O–H groups in total. The van der Waals surface area contributed by atoms with Gasteiger partial charge in [-0.2, -0.15) is 13.2 Å². The Bertz CT molecular complexity index is 1230. The van der Waals surface area contributed by atoms with Gasteiger partial charge in [-0.3, -0.25) is 4.79 Å². The predicted octanol–water partition coefficient (Wildman–Crippen LogP) is 5.58. The maximum Gasteiger partial charge on any atom is 0.417 e. The van der Waals surface area contributed by atoms with E-state index in [2.05, 4.69) is 20.3 Å². The summed E-state index contributed by atoms with van der Waals surface area (Å²) >= 11 is 0. The van der Waals surface area contributed by atoms with E-state index in [1.807, 2.05) is 0 Å². The lowest BCUT2D eigenvalue weighted by Gasteiger charge is -2.51. The van der Waals surface area contributed by atoms with Crippen LogP contribution in [-0.2, 0) is 6.18 Å². The maximum absolute atomic E-state index is 14.2. The minimum Gasteiger partial charge on any atom is -0.368 e. The maximum atomic E-state index is 14.2. The molecule has 3 heterocycles. The van der Waals surface area contributed by atoms with E-state index < -0.39 is 17.6 Å². The van der Waals surface area contributed by atoms with Gasteiger partial charge < -0.3 is 10.2 Å². The topological polar surface area (TPSA) is 71.0 Å². The molecule has 1 amide bonds. The van der Waals surface area contributed by atoms with Crippen LogP contribution >= 0.6 is 0 Å². The van der Waals surface area contributed by atoms with Crippen molar-refractivity contribution < 1.29 is 22.4 Å². The van der Waals surface area contributed by atoms with Gasteiger partial charge in [0.1, 0.15) is 11.6 Å². The number of pyridine rings is 1. The Morgan fingerprint density at radius 2 is 1.86 bits per heavy atom. The second-order valence-corrected chi connectivity index (χ2v) is 9.53. The molecule has 1 spiro atoms. The fourth-order valence-electron chi connectivity index (χ4n) is 5.20. The van der Waals surface area contributed by atoms with Crippen LogP contribution in [0.5, 0.6) is 0 Å². The third-order valence-corrected chi connectivity index (χ3v) is 7.30. The number of halogens is 4. The molecule has 36 heavy (non-hydrogen) atoms. The minimum absolute atomic E-state index is 0.171. The number of piperidine rings is 1. The molecule has 188 valence electrons. The van der Waals surface area contributed by atoms with Crippen LogP contribution in [0.25, 0.3) is 11.4 Å². The first-order valence-electron chi connectivity index (χ1n) is 11.9. The molecule has 1 aliphatic heterocycles. The first-order valence-corrected chi connectivity index (χ1v) is 11.9. The third kappa shape index (κ3) is 4.89. The molecule has 0 bridgehead atoms. The van der Waals surface area contributed by atoms with E-state index in [4.69, 9.17) is 0 Å². The average molecular weight is 500 g/mol. The van der Waals surface area contributed by atoms with Crippen molar-refractivity contribution in [1.82, 2.24) is 19.9 Å². The van der Waals surface area contributed by atoms with Gasteiger partial charge in [0.15, 0.2) is 5.82 Å². The zero-order valence-electron chi connectivity index (χ0n) is 19.4. The van der Waals surface area contributed by atoms with Gasteiger partial charge in [-0.25, -0.2) is 19.3 Å². The lowest BCUT2D eigenvalue weighted by molar-refractivity contribution is -0.137. The molecule has 0 radical (unpaired) electrons. The number of carbonyl (C=O) groups excluding carboxylic acids is 1. The van der Waals surface area contributed by atoms with Crippen molar-refractivity contribution in [3.8, 4) is 11.4 Å². The van der Waals surface area contributed by atoms with Crippen molar-refractivity contribution in [2.45, 2.75) is 44.3 Å². The van der Waals surface area contributed by atoms with Crippen LogP contribution in [0.15, 0.2) is 55.0 Å². The van der Waals surface area contributed by atoms with Crippen molar-refractivity contribution in [2.24, 2.45) is 5.41 Å². The second kappa shape index (κ2) is 9.48. The number of aromatic nitrogens is 3. The molecular weight excluding hydrogens is 474 g/mol.